The fraction of sp³-hybridized carbons (Fsp3) is 0.385. The molecule has 4 rings (SSSR count). The molecule has 7 nitrogen and oxygen atoms in total. The molecular formula is C26H32N5O2+. The molecule has 1 unspecified atom stereocenters. The van der Waals surface area contributed by atoms with E-state index in [0.717, 1.165) is 38.3 Å². The second kappa shape index (κ2) is 10.1. The number of carbonyl (C=O) groups excluding carboxylic acids is 2. The molecule has 2 aromatic carbocycles. The maximum absolute atomic E-state index is 13.1. The minimum absolute atomic E-state index is 0.208. The maximum atomic E-state index is 13.1. The van der Waals surface area contributed by atoms with Gasteiger partial charge in [0.15, 0.2) is 0 Å². The van der Waals surface area contributed by atoms with Crippen LogP contribution in [-0.4, -0.2) is 76.1 Å². The third kappa shape index (κ3) is 4.88. The molecule has 1 saturated heterocycles. The Hall–Kier alpha value is -3.32. The van der Waals surface area contributed by atoms with Crippen LogP contribution < -0.4 is 0 Å². The van der Waals surface area contributed by atoms with E-state index in [9.17, 15) is 9.59 Å². The number of likely N-dealkylation sites (N-methyl/N-ethyl adjacent to an activating group) is 2. The van der Waals surface area contributed by atoms with Gasteiger partial charge in [-0.2, -0.15) is 0 Å². The number of imide groups is 1. The zero-order valence-corrected chi connectivity index (χ0v) is 19.6. The summed E-state index contributed by atoms with van der Waals surface area (Å²) in [5.74, 6) is 1.17. The zero-order valence-electron chi connectivity index (χ0n) is 19.6. The molecule has 0 bridgehead atoms. The fourth-order valence-corrected chi connectivity index (χ4v) is 4.41. The topological polar surface area (TPSA) is 59.2 Å². The van der Waals surface area contributed by atoms with Crippen molar-refractivity contribution in [1.82, 2.24) is 14.7 Å². The summed E-state index contributed by atoms with van der Waals surface area (Å²) >= 11 is 0. The number of benzene rings is 2. The summed E-state index contributed by atoms with van der Waals surface area (Å²) < 4.78 is 2.10. The summed E-state index contributed by atoms with van der Waals surface area (Å²) in [6, 6.07) is 19.9. The Morgan fingerprint density at radius 2 is 1.45 bits per heavy atom. The SMILES string of the molecule is CCCC[N+]1=C(CN(Cc2ccccc2)Cc2ccccc2)N=C2C1C(=O)N(C)C(=O)N2C. The van der Waals surface area contributed by atoms with Crippen LogP contribution in [0.4, 0.5) is 4.79 Å². The van der Waals surface area contributed by atoms with Crippen molar-refractivity contribution >= 4 is 23.6 Å². The van der Waals surface area contributed by atoms with Gasteiger partial charge in [0.25, 0.3) is 17.8 Å². The maximum Gasteiger partial charge on any atom is 0.333 e. The average Bonchev–Trinajstić information content (AvgIpc) is 3.19. The molecule has 2 aromatic rings. The van der Waals surface area contributed by atoms with Gasteiger partial charge in [0.2, 0.25) is 0 Å². The summed E-state index contributed by atoms with van der Waals surface area (Å²) in [4.78, 5) is 35.5. The summed E-state index contributed by atoms with van der Waals surface area (Å²) in [6.07, 6.45) is 1.97. The van der Waals surface area contributed by atoms with Crippen LogP contribution in [0.1, 0.15) is 30.9 Å². The molecule has 2 aliphatic heterocycles. The average molecular weight is 447 g/mol. The van der Waals surface area contributed by atoms with Gasteiger partial charge < -0.3 is 0 Å². The predicted octanol–water partition coefficient (Wildman–Crippen LogP) is 3.20. The second-order valence-electron chi connectivity index (χ2n) is 8.69. The van der Waals surface area contributed by atoms with E-state index in [-0.39, 0.29) is 11.9 Å². The predicted molar refractivity (Wildman–Crippen MR) is 129 cm³/mol. The Morgan fingerprint density at radius 1 is 0.879 bits per heavy atom. The lowest BCUT2D eigenvalue weighted by atomic mass is 10.1. The third-order valence-corrected chi connectivity index (χ3v) is 6.23. The van der Waals surface area contributed by atoms with E-state index < -0.39 is 6.04 Å². The largest absolute Gasteiger partial charge is 0.333 e. The molecular weight excluding hydrogens is 414 g/mol. The quantitative estimate of drug-likeness (QED) is 0.556. The highest BCUT2D eigenvalue weighted by Crippen LogP contribution is 2.21. The summed E-state index contributed by atoms with van der Waals surface area (Å²) in [7, 11) is 3.24. The van der Waals surface area contributed by atoms with Gasteiger partial charge in [-0.05, 0) is 22.5 Å². The molecule has 0 N–H and O–H groups in total. The first-order valence-electron chi connectivity index (χ1n) is 11.6. The van der Waals surface area contributed by atoms with E-state index in [0.29, 0.717) is 12.4 Å². The van der Waals surface area contributed by atoms with Crippen LogP contribution in [0.3, 0.4) is 0 Å². The molecule has 1 fully saturated rings. The lowest BCUT2D eigenvalue weighted by molar-refractivity contribution is -0.536. The molecule has 1 atom stereocenters. The van der Waals surface area contributed by atoms with Crippen LogP contribution in [0.2, 0.25) is 0 Å². The number of rotatable bonds is 9. The van der Waals surface area contributed by atoms with Gasteiger partial charge in [-0.1, -0.05) is 74.0 Å². The number of urea groups is 1. The van der Waals surface area contributed by atoms with Crippen molar-refractivity contribution in [2.24, 2.45) is 4.99 Å². The van der Waals surface area contributed by atoms with Crippen molar-refractivity contribution in [2.75, 3.05) is 27.2 Å². The van der Waals surface area contributed by atoms with E-state index in [1.165, 1.54) is 20.9 Å². The number of aliphatic imine (C=N–C) groups is 1. The molecule has 3 amide bonds. The van der Waals surface area contributed by atoms with Crippen molar-refractivity contribution in [3.63, 3.8) is 0 Å². The Kier molecular flexibility index (Phi) is 6.99. The van der Waals surface area contributed by atoms with Gasteiger partial charge >= 0.3 is 11.9 Å². The van der Waals surface area contributed by atoms with Crippen molar-refractivity contribution in [1.29, 1.82) is 0 Å². The first kappa shape index (κ1) is 22.9. The van der Waals surface area contributed by atoms with Crippen LogP contribution >= 0.6 is 0 Å². The van der Waals surface area contributed by atoms with Crippen LogP contribution in [-0.2, 0) is 17.9 Å². The van der Waals surface area contributed by atoms with Gasteiger partial charge in [0.05, 0.1) is 6.54 Å². The van der Waals surface area contributed by atoms with Crippen molar-refractivity contribution in [3.05, 3.63) is 71.8 Å². The molecule has 2 aliphatic rings. The van der Waals surface area contributed by atoms with E-state index in [1.807, 2.05) is 12.1 Å². The van der Waals surface area contributed by atoms with Gasteiger partial charge in [-0.3, -0.25) is 19.5 Å². The van der Waals surface area contributed by atoms with Gasteiger partial charge in [0.1, 0.15) is 6.54 Å². The summed E-state index contributed by atoms with van der Waals surface area (Å²) in [6.45, 7) is 4.99. The highest BCUT2D eigenvalue weighted by atomic mass is 16.2. The van der Waals surface area contributed by atoms with Gasteiger partial charge in [-0.15, -0.1) is 0 Å². The van der Waals surface area contributed by atoms with Crippen molar-refractivity contribution in [2.45, 2.75) is 38.9 Å². The number of amides is 3. The standard InChI is InChI=1S/C26H32N5O2/c1-4-5-16-31-22(27-24-23(31)25(32)29(3)26(33)28(24)2)19-30(17-20-12-8-6-9-13-20)18-21-14-10-7-11-15-21/h6-15,23H,4-5,16-19H2,1-3H3/q+1. The van der Waals surface area contributed by atoms with E-state index in [2.05, 4.69) is 64.9 Å². The Labute approximate surface area is 195 Å². The highest BCUT2D eigenvalue weighted by Gasteiger charge is 2.52. The van der Waals surface area contributed by atoms with Crippen molar-refractivity contribution < 1.29 is 14.2 Å². The first-order chi connectivity index (χ1) is 16.0. The van der Waals surface area contributed by atoms with Crippen molar-refractivity contribution in [3.8, 4) is 0 Å². The Balaban J connectivity index is 1.67. The fourth-order valence-electron chi connectivity index (χ4n) is 4.41. The van der Waals surface area contributed by atoms with Crippen LogP contribution in [0.5, 0.6) is 0 Å². The number of hydrogen-bond acceptors (Lipinski definition) is 4. The molecule has 33 heavy (non-hydrogen) atoms. The summed E-state index contributed by atoms with van der Waals surface area (Å²) in [5.41, 5.74) is 2.45. The molecule has 0 saturated carbocycles. The zero-order chi connectivity index (χ0) is 23.4. The number of nitrogens with zero attached hydrogens (tertiary/aromatic N) is 5. The second-order valence-corrected chi connectivity index (χ2v) is 8.69. The highest BCUT2D eigenvalue weighted by molar-refractivity contribution is 6.23. The van der Waals surface area contributed by atoms with Crippen LogP contribution in [0.25, 0.3) is 0 Å². The summed E-state index contributed by atoms with van der Waals surface area (Å²) in [5, 5.41) is 0. The molecule has 0 radical (unpaired) electrons. The lowest BCUT2D eigenvalue weighted by Gasteiger charge is -2.30. The van der Waals surface area contributed by atoms with E-state index >= 15 is 0 Å². The molecule has 172 valence electrons. The smallest absolute Gasteiger partial charge is 0.284 e. The van der Waals surface area contributed by atoms with Crippen LogP contribution in [0, 0.1) is 0 Å². The molecule has 7 heteroatoms. The molecule has 2 heterocycles. The van der Waals surface area contributed by atoms with Gasteiger partial charge in [0, 0.05) is 27.2 Å². The molecule has 0 aliphatic carbocycles. The number of hydrogen-bond donors (Lipinski definition) is 0. The Morgan fingerprint density at radius 3 is 2.00 bits per heavy atom. The third-order valence-electron chi connectivity index (χ3n) is 6.23. The lowest BCUT2D eigenvalue weighted by Crippen LogP contribution is -2.61. The minimum Gasteiger partial charge on any atom is -0.284 e. The van der Waals surface area contributed by atoms with E-state index in [1.54, 1.807) is 14.1 Å². The van der Waals surface area contributed by atoms with Gasteiger partial charge in [-0.25, -0.2) is 9.37 Å². The number of carbonyl (C=O) groups is 2. The monoisotopic (exact) mass is 446 g/mol. The molecule has 0 aromatic heterocycles. The minimum atomic E-state index is -0.533. The number of fused-ring (bicyclic) bond motifs is 1. The normalized spacial score (nSPS) is 18.3. The van der Waals surface area contributed by atoms with E-state index in [4.69, 9.17) is 4.99 Å². The number of amidine groups is 2. The number of unbranched alkanes of at least 4 members (excludes halogenated alkanes) is 1. The van der Waals surface area contributed by atoms with Crippen LogP contribution in [0.15, 0.2) is 65.7 Å². The first-order valence-corrected chi connectivity index (χ1v) is 11.6. The Bertz CT molecular complexity index is 1020. The molecule has 0 spiro atoms.